The SMILES string of the molecule is CC(=O)C(c1ccccc1)c1ccccc1NC(=O)c1ccccc1. The first-order valence-electron chi connectivity index (χ1n) is 8.17. The third-order valence-electron chi connectivity index (χ3n) is 4.10. The number of carbonyl (C=O) groups excluding carboxylic acids is 2. The van der Waals surface area contributed by atoms with Gasteiger partial charge in [0.05, 0.1) is 5.92 Å². The lowest BCUT2D eigenvalue weighted by atomic mass is 9.87. The second-order valence-electron chi connectivity index (χ2n) is 5.86. The van der Waals surface area contributed by atoms with Gasteiger partial charge in [-0.05, 0) is 36.2 Å². The van der Waals surface area contributed by atoms with Gasteiger partial charge in [-0.2, -0.15) is 0 Å². The van der Waals surface area contributed by atoms with Crippen molar-refractivity contribution in [2.45, 2.75) is 12.8 Å². The smallest absolute Gasteiger partial charge is 0.255 e. The number of ketones is 1. The molecule has 124 valence electrons. The molecule has 0 saturated carbocycles. The normalized spacial score (nSPS) is 11.6. The van der Waals surface area contributed by atoms with E-state index in [1.807, 2.05) is 72.8 Å². The van der Waals surface area contributed by atoms with E-state index in [-0.39, 0.29) is 11.7 Å². The Kier molecular flexibility index (Phi) is 5.05. The Bertz CT molecular complexity index is 873. The molecule has 0 heterocycles. The zero-order valence-electron chi connectivity index (χ0n) is 14.0. The predicted octanol–water partition coefficient (Wildman–Crippen LogP) is 4.66. The van der Waals surface area contributed by atoms with E-state index in [0.29, 0.717) is 11.3 Å². The Labute approximate surface area is 147 Å². The van der Waals surface area contributed by atoms with E-state index < -0.39 is 5.92 Å². The third-order valence-corrected chi connectivity index (χ3v) is 4.10. The molecule has 3 aromatic rings. The molecule has 3 heteroatoms. The second-order valence-corrected chi connectivity index (χ2v) is 5.86. The number of nitrogens with one attached hydrogen (secondary N) is 1. The van der Waals surface area contributed by atoms with Crippen LogP contribution in [0.5, 0.6) is 0 Å². The van der Waals surface area contributed by atoms with Gasteiger partial charge in [-0.25, -0.2) is 0 Å². The molecule has 0 bridgehead atoms. The van der Waals surface area contributed by atoms with E-state index in [1.54, 1.807) is 19.1 Å². The van der Waals surface area contributed by atoms with Crippen molar-refractivity contribution in [3.8, 4) is 0 Å². The first kappa shape index (κ1) is 16.7. The molecule has 1 unspecified atom stereocenters. The maximum absolute atomic E-state index is 12.5. The van der Waals surface area contributed by atoms with Gasteiger partial charge in [0.25, 0.3) is 5.91 Å². The fourth-order valence-electron chi connectivity index (χ4n) is 2.93. The monoisotopic (exact) mass is 329 g/mol. The largest absolute Gasteiger partial charge is 0.322 e. The van der Waals surface area contributed by atoms with Crippen LogP contribution in [0.3, 0.4) is 0 Å². The number of benzene rings is 3. The lowest BCUT2D eigenvalue weighted by Gasteiger charge is -2.19. The van der Waals surface area contributed by atoms with Crippen molar-refractivity contribution in [1.82, 2.24) is 0 Å². The van der Waals surface area contributed by atoms with Gasteiger partial charge in [-0.15, -0.1) is 0 Å². The topological polar surface area (TPSA) is 46.2 Å². The van der Waals surface area contributed by atoms with Gasteiger partial charge < -0.3 is 5.32 Å². The fourth-order valence-corrected chi connectivity index (χ4v) is 2.93. The van der Waals surface area contributed by atoms with E-state index in [9.17, 15) is 9.59 Å². The maximum atomic E-state index is 12.5. The van der Waals surface area contributed by atoms with Crippen molar-refractivity contribution < 1.29 is 9.59 Å². The average Bonchev–Trinajstić information content (AvgIpc) is 2.64. The third kappa shape index (κ3) is 3.83. The molecule has 1 N–H and O–H groups in total. The molecule has 0 fully saturated rings. The summed E-state index contributed by atoms with van der Waals surface area (Å²) < 4.78 is 0. The Morgan fingerprint density at radius 1 is 0.760 bits per heavy atom. The number of rotatable bonds is 5. The van der Waals surface area contributed by atoms with Crippen LogP contribution in [0.25, 0.3) is 0 Å². The van der Waals surface area contributed by atoms with Crippen LogP contribution in [-0.2, 0) is 4.79 Å². The summed E-state index contributed by atoms with van der Waals surface area (Å²) in [6.45, 7) is 1.58. The van der Waals surface area contributed by atoms with Gasteiger partial charge in [0.1, 0.15) is 5.78 Å². The van der Waals surface area contributed by atoms with Crippen LogP contribution in [-0.4, -0.2) is 11.7 Å². The Balaban J connectivity index is 1.97. The quantitative estimate of drug-likeness (QED) is 0.740. The molecule has 1 atom stereocenters. The Morgan fingerprint density at radius 2 is 1.32 bits per heavy atom. The number of para-hydroxylation sites is 1. The summed E-state index contributed by atoms with van der Waals surface area (Å²) in [4.78, 5) is 24.8. The first-order valence-corrected chi connectivity index (χ1v) is 8.17. The second kappa shape index (κ2) is 7.58. The molecule has 0 aliphatic rings. The van der Waals surface area contributed by atoms with Crippen molar-refractivity contribution >= 4 is 17.4 Å². The van der Waals surface area contributed by atoms with Crippen LogP contribution < -0.4 is 5.32 Å². The van der Waals surface area contributed by atoms with E-state index in [0.717, 1.165) is 11.1 Å². The molecule has 0 spiro atoms. The number of Topliss-reactive ketones (excluding diaryl/α,β-unsaturated/α-hetero) is 1. The number of hydrogen-bond acceptors (Lipinski definition) is 2. The lowest BCUT2D eigenvalue weighted by Crippen LogP contribution is -2.17. The lowest BCUT2D eigenvalue weighted by molar-refractivity contribution is -0.117. The van der Waals surface area contributed by atoms with Gasteiger partial charge in [0.2, 0.25) is 0 Å². The minimum absolute atomic E-state index is 0.0348. The molecule has 3 rings (SSSR count). The Hall–Kier alpha value is -3.20. The van der Waals surface area contributed by atoms with E-state index in [2.05, 4.69) is 5.32 Å². The summed E-state index contributed by atoms with van der Waals surface area (Å²) in [5.74, 6) is -0.565. The summed E-state index contributed by atoms with van der Waals surface area (Å²) >= 11 is 0. The van der Waals surface area contributed by atoms with Crippen LogP contribution in [0.2, 0.25) is 0 Å². The highest BCUT2D eigenvalue weighted by Gasteiger charge is 2.22. The minimum atomic E-state index is -0.409. The van der Waals surface area contributed by atoms with E-state index in [1.165, 1.54) is 0 Å². The van der Waals surface area contributed by atoms with Crippen molar-refractivity contribution in [3.63, 3.8) is 0 Å². The van der Waals surface area contributed by atoms with E-state index >= 15 is 0 Å². The number of hydrogen-bond donors (Lipinski definition) is 1. The highest BCUT2D eigenvalue weighted by molar-refractivity contribution is 6.05. The first-order chi connectivity index (χ1) is 12.2. The van der Waals surface area contributed by atoms with Gasteiger partial charge in [-0.3, -0.25) is 9.59 Å². The highest BCUT2D eigenvalue weighted by atomic mass is 16.1. The molecule has 0 aliphatic carbocycles. The van der Waals surface area contributed by atoms with Gasteiger partial charge in [-0.1, -0.05) is 66.7 Å². The fraction of sp³-hybridized carbons (Fsp3) is 0.0909. The molecule has 25 heavy (non-hydrogen) atoms. The molecule has 0 radical (unpaired) electrons. The molecule has 0 aromatic heterocycles. The standard InChI is InChI=1S/C22H19NO2/c1-16(24)21(17-10-4-2-5-11-17)19-14-8-9-15-20(19)23-22(25)18-12-6-3-7-13-18/h2-15,21H,1H3,(H,23,25). The Morgan fingerprint density at radius 3 is 1.96 bits per heavy atom. The molecule has 0 aliphatic heterocycles. The molecule has 1 amide bonds. The van der Waals surface area contributed by atoms with E-state index in [4.69, 9.17) is 0 Å². The minimum Gasteiger partial charge on any atom is -0.322 e. The molecule has 3 aromatic carbocycles. The highest BCUT2D eigenvalue weighted by Crippen LogP contribution is 2.31. The summed E-state index contributed by atoms with van der Waals surface area (Å²) in [7, 11) is 0. The summed E-state index contributed by atoms with van der Waals surface area (Å²) in [6, 6.07) is 26.1. The molecular formula is C22H19NO2. The summed E-state index contributed by atoms with van der Waals surface area (Å²) in [5, 5.41) is 2.94. The number of carbonyl (C=O) groups is 2. The average molecular weight is 329 g/mol. The van der Waals surface area contributed by atoms with Gasteiger partial charge in [0.15, 0.2) is 0 Å². The summed E-state index contributed by atoms with van der Waals surface area (Å²) in [5.41, 5.74) is 2.94. The predicted molar refractivity (Wildman–Crippen MR) is 99.8 cm³/mol. The van der Waals surface area contributed by atoms with Crippen molar-refractivity contribution in [2.75, 3.05) is 5.32 Å². The van der Waals surface area contributed by atoms with Crippen LogP contribution in [0.4, 0.5) is 5.69 Å². The van der Waals surface area contributed by atoms with Gasteiger partial charge in [0, 0.05) is 11.3 Å². The zero-order chi connectivity index (χ0) is 17.6. The van der Waals surface area contributed by atoms with Crippen molar-refractivity contribution in [3.05, 3.63) is 102 Å². The summed E-state index contributed by atoms with van der Waals surface area (Å²) in [6.07, 6.45) is 0. The number of amides is 1. The van der Waals surface area contributed by atoms with Crippen molar-refractivity contribution in [1.29, 1.82) is 0 Å². The van der Waals surface area contributed by atoms with Crippen LogP contribution in [0.15, 0.2) is 84.9 Å². The molecule has 3 nitrogen and oxygen atoms in total. The molecular weight excluding hydrogens is 310 g/mol. The van der Waals surface area contributed by atoms with Crippen LogP contribution in [0, 0.1) is 0 Å². The van der Waals surface area contributed by atoms with Crippen LogP contribution >= 0.6 is 0 Å². The van der Waals surface area contributed by atoms with Crippen molar-refractivity contribution in [2.24, 2.45) is 0 Å². The van der Waals surface area contributed by atoms with Crippen LogP contribution in [0.1, 0.15) is 34.3 Å². The molecule has 0 saturated heterocycles. The maximum Gasteiger partial charge on any atom is 0.255 e. The van der Waals surface area contributed by atoms with Gasteiger partial charge >= 0.3 is 0 Å². The zero-order valence-corrected chi connectivity index (χ0v) is 14.0. The number of anilines is 1.